The third kappa shape index (κ3) is 6.34. The highest BCUT2D eigenvalue weighted by atomic mass is 32.2. The maximum Gasteiger partial charge on any atom is 0.276 e. The first-order chi connectivity index (χ1) is 17.2. The minimum absolute atomic E-state index is 0.0261. The van der Waals surface area contributed by atoms with E-state index in [9.17, 15) is 18.4 Å². The number of carbonyl (C=O) groups is 1. The van der Waals surface area contributed by atoms with E-state index in [1.54, 1.807) is 60.9 Å². The smallest absolute Gasteiger partial charge is 0.276 e. The van der Waals surface area contributed by atoms with Gasteiger partial charge in [0.05, 0.1) is 29.8 Å². The van der Waals surface area contributed by atoms with Gasteiger partial charge in [0.1, 0.15) is 18.1 Å². The number of rotatable bonds is 11. The highest BCUT2D eigenvalue weighted by Crippen LogP contribution is 2.33. The summed E-state index contributed by atoms with van der Waals surface area (Å²) < 4.78 is 39.8. The summed E-state index contributed by atoms with van der Waals surface area (Å²) in [6.45, 7) is 2.94. The molecule has 0 saturated carbocycles. The molecule has 36 heavy (non-hydrogen) atoms. The quantitative estimate of drug-likeness (QED) is 0.299. The summed E-state index contributed by atoms with van der Waals surface area (Å²) in [6.07, 6.45) is 0. The normalized spacial score (nSPS) is 11.3. The number of sulfonamides is 1. The first-order valence-corrected chi connectivity index (χ1v) is 12.7. The van der Waals surface area contributed by atoms with Crippen LogP contribution in [-0.4, -0.2) is 58.8 Å². The standard InChI is InChI=1S/C26H31N3O6S/c1-19-6-5-7-24(26(30)27-31)25(19)29(36(32,33)23-14-12-21(34-4)13-15-23)18-20-8-10-22(11-9-20)35-17-16-28(2)3/h5-15,31H,16-18H2,1-4H3,(H,27,30). The first kappa shape index (κ1) is 27.0. The number of nitrogens with one attached hydrogen (secondary N) is 1. The van der Waals surface area contributed by atoms with E-state index in [0.29, 0.717) is 29.2 Å². The fourth-order valence-electron chi connectivity index (χ4n) is 3.60. The topological polar surface area (TPSA) is 108 Å². The number of benzene rings is 3. The Morgan fingerprint density at radius 1 is 0.972 bits per heavy atom. The molecule has 0 aromatic heterocycles. The molecular weight excluding hydrogens is 482 g/mol. The van der Waals surface area contributed by atoms with E-state index >= 15 is 0 Å². The van der Waals surface area contributed by atoms with Gasteiger partial charge in [-0.25, -0.2) is 13.9 Å². The van der Waals surface area contributed by atoms with Crippen molar-refractivity contribution in [2.75, 3.05) is 38.7 Å². The van der Waals surface area contributed by atoms with Crippen LogP contribution in [0.25, 0.3) is 0 Å². The third-order valence-corrected chi connectivity index (χ3v) is 7.30. The van der Waals surface area contributed by atoms with Crippen molar-refractivity contribution in [2.24, 2.45) is 0 Å². The average molecular weight is 514 g/mol. The Kier molecular flexibility index (Phi) is 8.92. The van der Waals surface area contributed by atoms with Crippen molar-refractivity contribution in [3.8, 4) is 11.5 Å². The molecule has 3 aromatic carbocycles. The van der Waals surface area contributed by atoms with Gasteiger partial charge in [-0.15, -0.1) is 0 Å². The lowest BCUT2D eigenvalue weighted by Gasteiger charge is -2.28. The molecule has 0 radical (unpaired) electrons. The van der Waals surface area contributed by atoms with Crippen LogP contribution in [0, 0.1) is 6.92 Å². The molecule has 0 fully saturated rings. The van der Waals surface area contributed by atoms with E-state index in [1.807, 2.05) is 19.0 Å². The molecule has 0 saturated heterocycles. The van der Waals surface area contributed by atoms with Crippen molar-refractivity contribution in [2.45, 2.75) is 18.4 Å². The van der Waals surface area contributed by atoms with Crippen LogP contribution < -0.4 is 19.3 Å². The fourth-order valence-corrected chi connectivity index (χ4v) is 5.13. The summed E-state index contributed by atoms with van der Waals surface area (Å²) in [5.74, 6) is 0.372. The van der Waals surface area contributed by atoms with E-state index in [1.165, 1.54) is 29.6 Å². The SMILES string of the molecule is COc1ccc(S(=O)(=O)N(Cc2ccc(OCCN(C)C)cc2)c2c(C)cccc2C(=O)NO)cc1. The molecule has 0 spiro atoms. The second-order valence-corrected chi connectivity index (χ2v) is 10.3. The summed E-state index contributed by atoms with van der Waals surface area (Å²) in [5.41, 5.74) is 3.05. The monoisotopic (exact) mass is 513 g/mol. The number of methoxy groups -OCH3 is 1. The maximum atomic E-state index is 13.9. The summed E-state index contributed by atoms with van der Waals surface area (Å²) >= 11 is 0. The van der Waals surface area contributed by atoms with Gasteiger partial charge in [-0.05, 0) is 74.6 Å². The van der Waals surface area contributed by atoms with Crippen LogP contribution in [0.1, 0.15) is 21.5 Å². The Balaban J connectivity index is 2.04. The Labute approximate surface area is 211 Å². The lowest BCUT2D eigenvalue weighted by molar-refractivity contribution is 0.0707. The molecular formula is C26H31N3O6S. The summed E-state index contributed by atoms with van der Waals surface area (Å²) in [7, 11) is 1.30. The van der Waals surface area contributed by atoms with Crippen LogP contribution in [0.2, 0.25) is 0 Å². The van der Waals surface area contributed by atoms with Gasteiger partial charge in [-0.1, -0.05) is 24.3 Å². The molecule has 10 heteroatoms. The molecule has 3 rings (SSSR count). The van der Waals surface area contributed by atoms with Crippen LogP contribution >= 0.6 is 0 Å². The highest BCUT2D eigenvalue weighted by Gasteiger charge is 2.30. The molecule has 3 aromatic rings. The average Bonchev–Trinajstić information content (AvgIpc) is 2.87. The minimum Gasteiger partial charge on any atom is -0.497 e. The fraction of sp³-hybridized carbons (Fsp3) is 0.269. The number of ether oxygens (including phenoxy) is 2. The molecule has 9 nitrogen and oxygen atoms in total. The van der Waals surface area contributed by atoms with Crippen molar-refractivity contribution >= 4 is 21.6 Å². The third-order valence-electron chi connectivity index (χ3n) is 5.54. The van der Waals surface area contributed by atoms with Gasteiger partial charge >= 0.3 is 0 Å². The van der Waals surface area contributed by atoms with E-state index in [2.05, 4.69) is 0 Å². The van der Waals surface area contributed by atoms with Crippen LogP contribution in [-0.2, 0) is 16.6 Å². The van der Waals surface area contributed by atoms with Crippen LogP contribution in [0.15, 0.2) is 71.6 Å². The van der Waals surface area contributed by atoms with Crippen LogP contribution in [0.4, 0.5) is 5.69 Å². The van der Waals surface area contributed by atoms with E-state index in [0.717, 1.165) is 6.54 Å². The van der Waals surface area contributed by atoms with Gasteiger partial charge in [0, 0.05) is 6.54 Å². The summed E-state index contributed by atoms with van der Waals surface area (Å²) in [4.78, 5) is 14.5. The number of carbonyl (C=O) groups excluding carboxylic acids is 1. The predicted molar refractivity (Wildman–Crippen MR) is 137 cm³/mol. The molecule has 1 amide bonds. The number of hydrogen-bond acceptors (Lipinski definition) is 7. The van der Waals surface area contributed by atoms with Gasteiger partial charge in [0.25, 0.3) is 15.9 Å². The zero-order valence-electron chi connectivity index (χ0n) is 20.8. The number of hydroxylamine groups is 1. The van der Waals surface area contributed by atoms with E-state index < -0.39 is 15.9 Å². The van der Waals surface area contributed by atoms with Crippen molar-refractivity contribution in [3.05, 3.63) is 83.4 Å². The van der Waals surface area contributed by atoms with E-state index in [4.69, 9.17) is 9.47 Å². The second-order valence-electron chi connectivity index (χ2n) is 8.39. The molecule has 0 bridgehead atoms. The van der Waals surface area contributed by atoms with E-state index in [-0.39, 0.29) is 22.7 Å². The Morgan fingerprint density at radius 2 is 1.61 bits per heavy atom. The van der Waals surface area contributed by atoms with Crippen molar-refractivity contribution in [1.29, 1.82) is 0 Å². The lowest BCUT2D eigenvalue weighted by Crippen LogP contribution is -2.33. The zero-order chi connectivity index (χ0) is 26.3. The number of likely N-dealkylation sites (N-methyl/N-ethyl adjacent to an activating group) is 1. The Bertz CT molecular complexity index is 1280. The molecule has 0 heterocycles. The molecule has 0 aliphatic rings. The maximum absolute atomic E-state index is 13.9. The molecule has 0 atom stereocenters. The summed E-state index contributed by atoms with van der Waals surface area (Å²) in [5, 5.41) is 9.29. The second kappa shape index (κ2) is 11.9. The molecule has 0 unspecified atom stereocenters. The van der Waals surface area contributed by atoms with Gasteiger partial charge in [0.2, 0.25) is 0 Å². The molecule has 192 valence electrons. The largest absolute Gasteiger partial charge is 0.497 e. The Hall–Kier alpha value is -3.60. The van der Waals surface area contributed by atoms with Gasteiger partial charge in [-0.2, -0.15) is 0 Å². The van der Waals surface area contributed by atoms with Crippen LogP contribution in [0.5, 0.6) is 11.5 Å². The number of hydrogen-bond donors (Lipinski definition) is 2. The highest BCUT2D eigenvalue weighted by molar-refractivity contribution is 7.92. The van der Waals surface area contributed by atoms with Crippen molar-refractivity contribution in [3.63, 3.8) is 0 Å². The predicted octanol–water partition coefficient (Wildman–Crippen LogP) is 3.46. The van der Waals surface area contributed by atoms with Gasteiger partial charge < -0.3 is 14.4 Å². The van der Waals surface area contributed by atoms with Gasteiger partial charge in [-0.3, -0.25) is 14.3 Å². The number of aryl methyl sites for hydroxylation is 1. The number of nitrogens with zero attached hydrogens (tertiary/aromatic N) is 2. The lowest BCUT2D eigenvalue weighted by atomic mass is 10.1. The first-order valence-electron chi connectivity index (χ1n) is 11.2. The minimum atomic E-state index is -4.12. The molecule has 0 aliphatic carbocycles. The number of anilines is 1. The zero-order valence-corrected chi connectivity index (χ0v) is 21.6. The van der Waals surface area contributed by atoms with Crippen molar-refractivity contribution in [1.82, 2.24) is 10.4 Å². The van der Waals surface area contributed by atoms with Crippen molar-refractivity contribution < 1.29 is 27.9 Å². The number of para-hydroxylation sites is 1. The Morgan fingerprint density at radius 3 is 2.19 bits per heavy atom. The molecule has 2 N–H and O–H groups in total. The van der Waals surface area contributed by atoms with Crippen LogP contribution in [0.3, 0.4) is 0 Å². The number of amides is 1. The molecule has 0 aliphatic heterocycles. The van der Waals surface area contributed by atoms with Gasteiger partial charge in [0.15, 0.2) is 0 Å². The summed E-state index contributed by atoms with van der Waals surface area (Å²) in [6, 6.07) is 17.9.